The van der Waals surface area contributed by atoms with Crippen molar-refractivity contribution in [2.45, 2.75) is 19.4 Å². The minimum atomic E-state index is -0.268. The Bertz CT molecular complexity index is 783. The second-order valence-corrected chi connectivity index (χ2v) is 5.85. The predicted molar refractivity (Wildman–Crippen MR) is 95.7 cm³/mol. The first-order chi connectivity index (χ1) is 11.7. The van der Waals surface area contributed by atoms with E-state index >= 15 is 0 Å². The fourth-order valence-corrected chi connectivity index (χ4v) is 2.58. The summed E-state index contributed by atoms with van der Waals surface area (Å²) >= 11 is 0. The van der Waals surface area contributed by atoms with Crippen LogP contribution in [0.4, 0.5) is 5.69 Å². The number of hydrogen-bond acceptors (Lipinski definition) is 1. The molecule has 3 aromatic rings. The molecule has 0 saturated carbocycles. The van der Waals surface area contributed by atoms with Crippen LogP contribution in [0, 0.1) is 0 Å². The highest BCUT2D eigenvalue weighted by Gasteiger charge is 2.21. The topological polar surface area (TPSA) is 33.0 Å². The SMILES string of the molecule is C[C@@H](C(=O)Nc1ccccc1)[n+]1ccc(Cc2ccccc2)cc1. The summed E-state index contributed by atoms with van der Waals surface area (Å²) in [7, 11) is 0. The monoisotopic (exact) mass is 317 g/mol. The van der Waals surface area contributed by atoms with Gasteiger partial charge < -0.3 is 5.32 Å². The van der Waals surface area contributed by atoms with Crippen LogP contribution in [0.2, 0.25) is 0 Å². The molecule has 120 valence electrons. The molecule has 0 bridgehead atoms. The number of rotatable bonds is 5. The van der Waals surface area contributed by atoms with Crippen LogP contribution in [0.15, 0.2) is 85.2 Å². The van der Waals surface area contributed by atoms with Gasteiger partial charge in [0.05, 0.1) is 0 Å². The maximum absolute atomic E-state index is 12.4. The van der Waals surface area contributed by atoms with E-state index in [2.05, 4.69) is 41.7 Å². The molecule has 3 nitrogen and oxygen atoms in total. The fraction of sp³-hybridized carbons (Fsp3) is 0.143. The standard InChI is InChI=1S/C21H20N2O/c1-17(21(24)22-20-10-6-3-7-11-20)23-14-12-19(13-15-23)16-18-8-4-2-5-9-18/h2-15,17H,16H2,1H3/p+1/t17-/m0/s1. The summed E-state index contributed by atoms with van der Waals surface area (Å²) in [4.78, 5) is 12.4. The number of amides is 1. The van der Waals surface area contributed by atoms with Crippen LogP contribution in [-0.4, -0.2) is 5.91 Å². The molecule has 1 heterocycles. The second kappa shape index (κ2) is 7.55. The van der Waals surface area contributed by atoms with Gasteiger partial charge >= 0.3 is 0 Å². The van der Waals surface area contributed by atoms with Crippen LogP contribution < -0.4 is 9.88 Å². The smallest absolute Gasteiger partial charge is 0.293 e. The molecule has 1 aromatic heterocycles. The number of carbonyl (C=O) groups excluding carboxylic acids is 1. The fourth-order valence-electron chi connectivity index (χ4n) is 2.58. The molecule has 0 unspecified atom stereocenters. The molecule has 0 spiro atoms. The van der Waals surface area contributed by atoms with E-state index in [0.717, 1.165) is 12.1 Å². The molecule has 0 saturated heterocycles. The Hall–Kier alpha value is -2.94. The van der Waals surface area contributed by atoms with Gasteiger partial charge in [0.1, 0.15) is 0 Å². The summed E-state index contributed by atoms with van der Waals surface area (Å²) in [5.74, 6) is -0.0259. The zero-order chi connectivity index (χ0) is 16.8. The van der Waals surface area contributed by atoms with Crippen molar-refractivity contribution in [3.63, 3.8) is 0 Å². The van der Waals surface area contributed by atoms with E-state index < -0.39 is 0 Å². The summed E-state index contributed by atoms with van der Waals surface area (Å²) in [6, 6.07) is 23.8. The number of nitrogens with one attached hydrogen (secondary N) is 1. The third-order valence-electron chi connectivity index (χ3n) is 4.04. The number of anilines is 1. The molecule has 24 heavy (non-hydrogen) atoms. The van der Waals surface area contributed by atoms with Crippen LogP contribution in [0.5, 0.6) is 0 Å². The Kier molecular flexibility index (Phi) is 5.02. The lowest BCUT2D eigenvalue weighted by atomic mass is 10.1. The van der Waals surface area contributed by atoms with Crippen molar-refractivity contribution in [3.05, 3.63) is 96.3 Å². The highest BCUT2D eigenvalue weighted by molar-refractivity contribution is 5.92. The van der Waals surface area contributed by atoms with Gasteiger partial charge in [-0.15, -0.1) is 0 Å². The van der Waals surface area contributed by atoms with E-state index in [1.165, 1.54) is 11.1 Å². The molecular weight excluding hydrogens is 296 g/mol. The number of para-hydroxylation sites is 1. The number of benzene rings is 2. The highest BCUT2D eigenvalue weighted by atomic mass is 16.2. The zero-order valence-corrected chi connectivity index (χ0v) is 13.7. The zero-order valence-electron chi connectivity index (χ0n) is 13.7. The summed E-state index contributed by atoms with van der Waals surface area (Å²) in [5, 5.41) is 2.93. The maximum Gasteiger partial charge on any atom is 0.293 e. The van der Waals surface area contributed by atoms with Gasteiger partial charge in [0, 0.05) is 24.7 Å². The summed E-state index contributed by atoms with van der Waals surface area (Å²) < 4.78 is 1.92. The molecule has 0 aliphatic heterocycles. The number of aromatic nitrogens is 1. The minimum absolute atomic E-state index is 0.0259. The van der Waals surface area contributed by atoms with E-state index in [-0.39, 0.29) is 11.9 Å². The average molecular weight is 317 g/mol. The molecule has 1 amide bonds. The van der Waals surface area contributed by atoms with Crippen LogP contribution >= 0.6 is 0 Å². The molecule has 3 heteroatoms. The van der Waals surface area contributed by atoms with Gasteiger partial charge in [-0.05, 0) is 29.7 Å². The van der Waals surface area contributed by atoms with Crippen molar-refractivity contribution >= 4 is 11.6 Å². The van der Waals surface area contributed by atoms with Crippen molar-refractivity contribution in [1.82, 2.24) is 0 Å². The maximum atomic E-state index is 12.4. The van der Waals surface area contributed by atoms with Crippen molar-refractivity contribution in [1.29, 1.82) is 0 Å². The van der Waals surface area contributed by atoms with Crippen LogP contribution in [0.3, 0.4) is 0 Å². The predicted octanol–water partition coefficient (Wildman–Crippen LogP) is 3.76. The summed E-state index contributed by atoms with van der Waals surface area (Å²) in [6.07, 6.45) is 4.83. The van der Waals surface area contributed by atoms with Crippen molar-refractivity contribution in [3.8, 4) is 0 Å². The first kappa shape index (κ1) is 15.9. The Balaban J connectivity index is 1.65. The first-order valence-corrected chi connectivity index (χ1v) is 8.12. The Labute approximate surface area is 142 Å². The van der Waals surface area contributed by atoms with Crippen LogP contribution in [0.25, 0.3) is 0 Å². The van der Waals surface area contributed by atoms with Gasteiger partial charge in [0.25, 0.3) is 5.91 Å². The number of pyridine rings is 1. The van der Waals surface area contributed by atoms with Gasteiger partial charge in [-0.2, -0.15) is 4.57 Å². The number of hydrogen-bond donors (Lipinski definition) is 1. The van der Waals surface area contributed by atoms with Crippen molar-refractivity contribution in [2.75, 3.05) is 5.32 Å². The Morgan fingerprint density at radius 1 is 0.875 bits per heavy atom. The molecule has 3 rings (SSSR count). The second-order valence-electron chi connectivity index (χ2n) is 5.85. The van der Waals surface area contributed by atoms with Gasteiger partial charge in [-0.25, -0.2) is 0 Å². The molecule has 1 atom stereocenters. The average Bonchev–Trinajstić information content (AvgIpc) is 2.63. The van der Waals surface area contributed by atoms with Gasteiger partial charge in [-0.3, -0.25) is 4.79 Å². The molecule has 2 aromatic carbocycles. The van der Waals surface area contributed by atoms with E-state index in [9.17, 15) is 4.79 Å². The number of carbonyl (C=O) groups is 1. The van der Waals surface area contributed by atoms with Gasteiger partial charge in [0.2, 0.25) is 6.04 Å². The molecule has 0 fully saturated rings. The summed E-state index contributed by atoms with van der Waals surface area (Å²) in [5.41, 5.74) is 3.33. The largest absolute Gasteiger partial charge is 0.320 e. The molecule has 0 aliphatic carbocycles. The molecular formula is C21H21N2O+. The van der Waals surface area contributed by atoms with Gasteiger partial charge in [-0.1, -0.05) is 48.5 Å². The normalized spacial score (nSPS) is 11.7. The lowest BCUT2D eigenvalue weighted by Crippen LogP contribution is -2.44. The lowest BCUT2D eigenvalue weighted by molar-refractivity contribution is -0.705. The summed E-state index contributed by atoms with van der Waals surface area (Å²) in [6.45, 7) is 1.90. The van der Waals surface area contributed by atoms with E-state index in [1.54, 1.807) is 0 Å². The van der Waals surface area contributed by atoms with E-state index in [4.69, 9.17) is 0 Å². The molecule has 0 aliphatic rings. The third kappa shape index (κ3) is 4.07. The van der Waals surface area contributed by atoms with Gasteiger partial charge in [0.15, 0.2) is 12.4 Å². The van der Waals surface area contributed by atoms with Crippen LogP contribution in [0.1, 0.15) is 24.1 Å². The Morgan fingerprint density at radius 3 is 2.04 bits per heavy atom. The third-order valence-corrected chi connectivity index (χ3v) is 4.04. The lowest BCUT2D eigenvalue weighted by Gasteiger charge is -2.09. The quantitative estimate of drug-likeness (QED) is 0.714. The van der Waals surface area contributed by atoms with Crippen LogP contribution in [-0.2, 0) is 11.2 Å². The molecule has 0 radical (unpaired) electrons. The highest BCUT2D eigenvalue weighted by Crippen LogP contribution is 2.10. The molecule has 1 N–H and O–H groups in total. The first-order valence-electron chi connectivity index (χ1n) is 8.12. The Morgan fingerprint density at radius 2 is 1.42 bits per heavy atom. The number of nitrogens with zero attached hydrogens (tertiary/aromatic N) is 1. The van der Waals surface area contributed by atoms with E-state index in [0.29, 0.717) is 0 Å². The minimum Gasteiger partial charge on any atom is -0.320 e. The van der Waals surface area contributed by atoms with Crippen molar-refractivity contribution in [2.24, 2.45) is 0 Å². The van der Waals surface area contributed by atoms with E-state index in [1.807, 2.05) is 60.3 Å². The van der Waals surface area contributed by atoms with Crippen molar-refractivity contribution < 1.29 is 9.36 Å².